The molecular weight excluding hydrogens is 304 g/mol. The molecule has 116 valence electrons. The summed E-state index contributed by atoms with van der Waals surface area (Å²) in [6.45, 7) is 0.485. The molecule has 2 amide bonds. The van der Waals surface area contributed by atoms with Crippen LogP contribution in [-0.4, -0.2) is 61.1 Å². The number of rotatable bonds is 8. The van der Waals surface area contributed by atoms with Gasteiger partial charge in [-0.25, -0.2) is 18.0 Å². The Morgan fingerprint density at radius 3 is 2.40 bits per heavy atom. The van der Waals surface area contributed by atoms with E-state index in [1.54, 1.807) is 11.8 Å². The first kappa shape index (κ1) is 17.1. The molecule has 1 unspecified atom stereocenters. The van der Waals surface area contributed by atoms with E-state index in [1.807, 2.05) is 6.26 Å². The fourth-order valence-electron chi connectivity index (χ4n) is 1.63. The fourth-order valence-corrected chi connectivity index (χ4v) is 3.02. The highest BCUT2D eigenvalue weighted by Gasteiger charge is 2.42. The van der Waals surface area contributed by atoms with Gasteiger partial charge in [0, 0.05) is 17.5 Å². The Bertz CT molecular complexity index is 473. The number of hydrogen-bond acceptors (Lipinski definition) is 5. The van der Waals surface area contributed by atoms with E-state index in [-0.39, 0.29) is 16.9 Å². The van der Waals surface area contributed by atoms with Crippen molar-refractivity contribution in [2.24, 2.45) is 0 Å². The molecule has 0 saturated heterocycles. The van der Waals surface area contributed by atoms with Gasteiger partial charge in [-0.05, 0) is 25.5 Å². The number of carbonyl (C=O) groups is 2. The maximum atomic E-state index is 11.6. The maximum absolute atomic E-state index is 11.6. The molecule has 20 heavy (non-hydrogen) atoms. The number of carboxylic acids is 1. The van der Waals surface area contributed by atoms with Crippen molar-refractivity contribution in [3.8, 4) is 0 Å². The number of nitrogens with one attached hydrogen (secondary N) is 2. The van der Waals surface area contributed by atoms with Gasteiger partial charge in [0.25, 0.3) is 0 Å². The van der Waals surface area contributed by atoms with Crippen LogP contribution in [0.4, 0.5) is 4.79 Å². The molecule has 0 aromatic carbocycles. The van der Waals surface area contributed by atoms with Crippen molar-refractivity contribution in [2.75, 3.05) is 24.8 Å². The Morgan fingerprint density at radius 2 is 2.00 bits per heavy atom. The van der Waals surface area contributed by atoms with Crippen molar-refractivity contribution in [2.45, 2.75) is 30.1 Å². The van der Waals surface area contributed by atoms with Crippen molar-refractivity contribution < 1.29 is 23.1 Å². The maximum Gasteiger partial charge on any atom is 0.326 e. The molecule has 7 nitrogen and oxygen atoms in total. The smallest absolute Gasteiger partial charge is 0.326 e. The molecule has 0 aromatic heterocycles. The van der Waals surface area contributed by atoms with Crippen LogP contribution >= 0.6 is 11.8 Å². The molecule has 1 atom stereocenters. The third kappa shape index (κ3) is 6.00. The average Bonchev–Trinajstić information content (AvgIpc) is 3.11. The Labute approximate surface area is 122 Å². The first-order valence-electron chi connectivity index (χ1n) is 6.17. The quantitative estimate of drug-likeness (QED) is 0.582. The molecule has 1 fully saturated rings. The lowest BCUT2D eigenvalue weighted by molar-refractivity contribution is -0.139. The van der Waals surface area contributed by atoms with Gasteiger partial charge in [-0.3, -0.25) is 0 Å². The summed E-state index contributed by atoms with van der Waals surface area (Å²) >= 11 is 1.68. The van der Waals surface area contributed by atoms with Crippen LogP contribution in [0, 0.1) is 0 Å². The summed E-state index contributed by atoms with van der Waals surface area (Å²) in [7, 11) is -3.26. The van der Waals surface area contributed by atoms with Crippen LogP contribution in [-0.2, 0) is 14.6 Å². The molecule has 0 aliphatic heterocycles. The monoisotopic (exact) mass is 324 g/mol. The van der Waals surface area contributed by atoms with Crippen LogP contribution in [0.25, 0.3) is 0 Å². The van der Waals surface area contributed by atoms with Crippen LogP contribution in [0.15, 0.2) is 0 Å². The largest absolute Gasteiger partial charge is 0.480 e. The van der Waals surface area contributed by atoms with Crippen molar-refractivity contribution in [1.29, 1.82) is 0 Å². The summed E-state index contributed by atoms with van der Waals surface area (Å²) in [6, 6.07) is -1.78. The number of carboxylic acid groups (broad SMARTS) is 1. The topological polar surface area (TPSA) is 113 Å². The summed E-state index contributed by atoms with van der Waals surface area (Å²) in [5.41, 5.74) is 0. The molecule has 0 radical (unpaired) electrons. The SMILES string of the molecule is CSC1(CNC(=O)NC(CCS(C)(=O)=O)C(=O)O)CC1. The Balaban J connectivity index is 2.40. The molecule has 9 heteroatoms. The molecule has 3 N–H and O–H groups in total. The standard InChI is InChI=1S/C11H20N2O5S2/c1-19-11(4-5-11)7-12-10(16)13-8(9(14)15)3-6-20(2,17)18/h8H,3-7H2,1-2H3,(H,14,15)(H2,12,13,16). The van der Waals surface area contributed by atoms with E-state index in [0.29, 0.717) is 6.54 Å². The number of urea groups is 1. The third-order valence-corrected chi connectivity index (χ3v) is 5.59. The van der Waals surface area contributed by atoms with Gasteiger partial charge in [0.15, 0.2) is 0 Å². The number of amides is 2. The molecule has 1 aliphatic carbocycles. The Kier molecular flexibility index (Phi) is 5.69. The second-order valence-corrected chi connectivity index (χ2v) is 8.56. The second-order valence-electron chi connectivity index (χ2n) is 5.02. The zero-order valence-corrected chi connectivity index (χ0v) is 13.1. The van der Waals surface area contributed by atoms with E-state index >= 15 is 0 Å². The predicted octanol–water partition coefficient (Wildman–Crippen LogP) is 0.0691. The summed E-state index contributed by atoms with van der Waals surface area (Å²) in [5.74, 6) is -1.52. The fraction of sp³-hybridized carbons (Fsp3) is 0.818. The highest BCUT2D eigenvalue weighted by molar-refractivity contribution is 8.00. The van der Waals surface area contributed by atoms with Crippen molar-refractivity contribution >= 4 is 33.6 Å². The molecule has 1 saturated carbocycles. The molecular formula is C11H20N2O5S2. The van der Waals surface area contributed by atoms with E-state index in [0.717, 1.165) is 19.1 Å². The minimum Gasteiger partial charge on any atom is -0.480 e. The van der Waals surface area contributed by atoms with Crippen molar-refractivity contribution in [3.63, 3.8) is 0 Å². The van der Waals surface area contributed by atoms with Gasteiger partial charge in [0.05, 0.1) is 5.75 Å². The highest BCUT2D eigenvalue weighted by Crippen LogP contribution is 2.46. The molecule has 0 bridgehead atoms. The van der Waals surface area contributed by atoms with Crippen molar-refractivity contribution in [3.05, 3.63) is 0 Å². The van der Waals surface area contributed by atoms with E-state index < -0.39 is 27.9 Å². The van der Waals surface area contributed by atoms with E-state index in [9.17, 15) is 18.0 Å². The van der Waals surface area contributed by atoms with Crippen LogP contribution in [0.5, 0.6) is 0 Å². The van der Waals surface area contributed by atoms with Gasteiger partial charge >= 0.3 is 12.0 Å². The number of thioether (sulfide) groups is 1. The lowest BCUT2D eigenvalue weighted by atomic mass is 10.2. The first-order valence-corrected chi connectivity index (χ1v) is 9.46. The van der Waals surface area contributed by atoms with Crippen molar-refractivity contribution in [1.82, 2.24) is 10.6 Å². The van der Waals surface area contributed by atoms with Crippen LogP contribution in [0.1, 0.15) is 19.3 Å². The van der Waals surface area contributed by atoms with Gasteiger partial charge in [-0.15, -0.1) is 0 Å². The van der Waals surface area contributed by atoms with E-state index in [4.69, 9.17) is 5.11 Å². The lowest BCUT2D eigenvalue weighted by Gasteiger charge is -2.17. The molecule has 0 aromatic rings. The van der Waals surface area contributed by atoms with Gasteiger partial charge in [-0.2, -0.15) is 11.8 Å². The Hall–Kier alpha value is -0.960. The minimum absolute atomic E-state index is 0.0861. The van der Waals surface area contributed by atoms with Gasteiger partial charge < -0.3 is 15.7 Å². The van der Waals surface area contributed by atoms with Crippen LogP contribution in [0.2, 0.25) is 0 Å². The molecule has 0 heterocycles. The number of aliphatic carboxylic acids is 1. The predicted molar refractivity (Wildman–Crippen MR) is 77.8 cm³/mol. The van der Waals surface area contributed by atoms with Crippen LogP contribution in [0.3, 0.4) is 0 Å². The number of hydrogen-bond donors (Lipinski definition) is 3. The number of sulfone groups is 1. The lowest BCUT2D eigenvalue weighted by Crippen LogP contribution is -2.48. The van der Waals surface area contributed by atoms with Gasteiger partial charge in [0.2, 0.25) is 0 Å². The van der Waals surface area contributed by atoms with E-state index in [2.05, 4.69) is 10.6 Å². The van der Waals surface area contributed by atoms with Crippen LogP contribution < -0.4 is 10.6 Å². The molecule has 1 rings (SSSR count). The summed E-state index contributed by atoms with van der Waals surface area (Å²) in [5, 5.41) is 13.9. The second kappa shape index (κ2) is 6.66. The first-order chi connectivity index (χ1) is 9.17. The molecule has 0 spiro atoms. The van der Waals surface area contributed by atoms with Gasteiger partial charge in [0.1, 0.15) is 15.9 Å². The zero-order valence-electron chi connectivity index (χ0n) is 11.5. The Morgan fingerprint density at radius 1 is 1.40 bits per heavy atom. The summed E-state index contributed by atoms with van der Waals surface area (Å²) < 4.78 is 22.1. The summed E-state index contributed by atoms with van der Waals surface area (Å²) in [6.07, 6.45) is 4.92. The molecule has 1 aliphatic rings. The third-order valence-electron chi connectivity index (χ3n) is 3.19. The summed E-state index contributed by atoms with van der Waals surface area (Å²) in [4.78, 5) is 22.6. The van der Waals surface area contributed by atoms with Gasteiger partial charge in [-0.1, -0.05) is 0 Å². The number of carbonyl (C=O) groups excluding carboxylic acids is 1. The van der Waals surface area contributed by atoms with E-state index in [1.165, 1.54) is 0 Å². The zero-order chi connectivity index (χ0) is 15.4. The highest BCUT2D eigenvalue weighted by atomic mass is 32.2. The normalized spacial score (nSPS) is 18.1. The minimum atomic E-state index is -3.26. The average molecular weight is 324 g/mol.